The number of rotatable bonds is 8. The first-order valence-corrected chi connectivity index (χ1v) is 9.09. The molecule has 0 unspecified atom stereocenters. The number of halogens is 1. The van der Waals surface area contributed by atoms with Gasteiger partial charge < -0.3 is 14.7 Å². The Labute approximate surface area is 163 Å². The van der Waals surface area contributed by atoms with Crippen LogP contribution in [0.4, 0.5) is 4.39 Å². The zero-order chi connectivity index (χ0) is 19.9. The van der Waals surface area contributed by atoms with Crippen LogP contribution in [0.15, 0.2) is 59.1 Å². The van der Waals surface area contributed by atoms with Gasteiger partial charge in [0.1, 0.15) is 5.82 Å². The Balaban J connectivity index is 1.51. The van der Waals surface area contributed by atoms with Crippen LogP contribution in [-0.4, -0.2) is 41.6 Å². The van der Waals surface area contributed by atoms with Crippen molar-refractivity contribution in [2.45, 2.75) is 18.9 Å². The van der Waals surface area contributed by atoms with Crippen molar-refractivity contribution in [2.75, 3.05) is 20.6 Å². The van der Waals surface area contributed by atoms with E-state index >= 15 is 0 Å². The molecule has 1 heterocycles. The number of hydrogen-bond acceptors (Lipinski definition) is 5. The van der Waals surface area contributed by atoms with Gasteiger partial charge in [0.15, 0.2) is 0 Å². The summed E-state index contributed by atoms with van der Waals surface area (Å²) >= 11 is 0. The van der Waals surface area contributed by atoms with Crippen LogP contribution >= 0.6 is 0 Å². The first kappa shape index (κ1) is 19.7. The predicted molar refractivity (Wildman–Crippen MR) is 104 cm³/mol. The number of aromatic nitrogens is 2. The van der Waals surface area contributed by atoms with Crippen LogP contribution in [0.25, 0.3) is 11.4 Å². The molecule has 28 heavy (non-hydrogen) atoms. The monoisotopic (exact) mass is 382 g/mol. The Morgan fingerprint density at radius 3 is 2.54 bits per heavy atom. The van der Waals surface area contributed by atoms with E-state index in [1.165, 1.54) is 12.1 Å². The maximum atomic E-state index is 13.0. The molecule has 7 heteroatoms. The summed E-state index contributed by atoms with van der Waals surface area (Å²) in [6, 6.07) is 16.0. The van der Waals surface area contributed by atoms with Gasteiger partial charge >= 0.3 is 0 Å². The third-order valence-electron chi connectivity index (χ3n) is 4.44. The van der Waals surface area contributed by atoms with E-state index in [1.54, 1.807) is 12.1 Å². The molecule has 146 valence electrons. The lowest BCUT2D eigenvalue weighted by Gasteiger charge is -2.25. The van der Waals surface area contributed by atoms with Gasteiger partial charge in [0, 0.05) is 24.9 Å². The zero-order valence-corrected chi connectivity index (χ0v) is 15.9. The second-order valence-electron chi connectivity index (χ2n) is 6.71. The van der Waals surface area contributed by atoms with Gasteiger partial charge in [0.2, 0.25) is 17.6 Å². The molecule has 0 saturated heterocycles. The van der Waals surface area contributed by atoms with Gasteiger partial charge in [-0.2, -0.15) is 4.98 Å². The Morgan fingerprint density at radius 1 is 1.14 bits per heavy atom. The highest BCUT2D eigenvalue weighted by molar-refractivity contribution is 5.76. The van der Waals surface area contributed by atoms with E-state index in [1.807, 2.05) is 44.4 Å². The van der Waals surface area contributed by atoms with Gasteiger partial charge in [-0.15, -0.1) is 0 Å². The number of hydrogen-bond donors (Lipinski definition) is 1. The van der Waals surface area contributed by atoms with E-state index in [0.29, 0.717) is 30.2 Å². The van der Waals surface area contributed by atoms with Crippen molar-refractivity contribution in [1.82, 2.24) is 20.4 Å². The maximum absolute atomic E-state index is 13.0. The van der Waals surface area contributed by atoms with E-state index in [-0.39, 0.29) is 24.2 Å². The highest BCUT2D eigenvalue weighted by Gasteiger charge is 2.16. The van der Waals surface area contributed by atoms with Gasteiger partial charge in [-0.3, -0.25) is 4.79 Å². The molecule has 6 nitrogen and oxygen atoms in total. The van der Waals surface area contributed by atoms with Gasteiger partial charge in [0.05, 0.1) is 6.04 Å². The summed E-state index contributed by atoms with van der Waals surface area (Å²) in [4.78, 5) is 18.6. The summed E-state index contributed by atoms with van der Waals surface area (Å²) in [5.41, 5.74) is 1.81. The number of carbonyl (C=O) groups is 1. The van der Waals surface area contributed by atoms with Gasteiger partial charge in [-0.1, -0.05) is 35.5 Å². The third kappa shape index (κ3) is 5.23. The van der Waals surface area contributed by atoms with Crippen LogP contribution in [-0.2, 0) is 11.2 Å². The van der Waals surface area contributed by atoms with Crippen molar-refractivity contribution in [1.29, 1.82) is 0 Å². The lowest BCUT2D eigenvalue weighted by Crippen LogP contribution is -2.34. The largest absolute Gasteiger partial charge is 0.354 e. The fourth-order valence-corrected chi connectivity index (χ4v) is 2.87. The molecule has 0 spiro atoms. The van der Waals surface area contributed by atoms with Crippen LogP contribution < -0.4 is 5.32 Å². The van der Waals surface area contributed by atoms with Gasteiger partial charge in [-0.25, -0.2) is 4.39 Å². The van der Waals surface area contributed by atoms with Crippen molar-refractivity contribution in [3.05, 3.63) is 71.9 Å². The van der Waals surface area contributed by atoms with Crippen LogP contribution in [0.5, 0.6) is 0 Å². The van der Waals surface area contributed by atoms with Crippen LogP contribution in [0, 0.1) is 5.82 Å². The topological polar surface area (TPSA) is 71.3 Å². The molecule has 3 aromatic rings. The second-order valence-corrected chi connectivity index (χ2v) is 6.71. The van der Waals surface area contributed by atoms with Crippen molar-refractivity contribution < 1.29 is 13.7 Å². The van der Waals surface area contributed by atoms with E-state index in [9.17, 15) is 9.18 Å². The summed E-state index contributed by atoms with van der Waals surface area (Å²) in [6.07, 6.45) is 0.595. The lowest BCUT2D eigenvalue weighted by molar-refractivity contribution is -0.121. The van der Waals surface area contributed by atoms with Crippen LogP contribution in [0.3, 0.4) is 0 Å². The predicted octanol–water partition coefficient (Wildman–Crippen LogP) is 3.23. The average molecular weight is 382 g/mol. The highest BCUT2D eigenvalue weighted by atomic mass is 19.1. The number of benzene rings is 2. The second kappa shape index (κ2) is 9.23. The molecule has 1 aromatic heterocycles. The number of amides is 1. The fraction of sp³-hybridized carbons (Fsp3) is 0.286. The molecule has 0 aliphatic carbocycles. The van der Waals surface area contributed by atoms with E-state index in [4.69, 9.17) is 4.52 Å². The molecular formula is C21H23FN4O2. The maximum Gasteiger partial charge on any atom is 0.227 e. The molecule has 0 radical (unpaired) electrons. The molecule has 1 amide bonds. The molecule has 1 N–H and O–H groups in total. The van der Waals surface area contributed by atoms with Gasteiger partial charge in [0.25, 0.3) is 0 Å². The Bertz CT molecular complexity index is 894. The van der Waals surface area contributed by atoms with E-state index in [2.05, 4.69) is 20.4 Å². The summed E-state index contributed by atoms with van der Waals surface area (Å²) in [5.74, 6) is 0.355. The van der Waals surface area contributed by atoms with E-state index < -0.39 is 0 Å². The minimum atomic E-state index is -0.323. The number of aryl methyl sites for hydroxylation is 1. The Hall–Kier alpha value is -3.06. The molecule has 0 bridgehead atoms. The van der Waals surface area contributed by atoms with Crippen molar-refractivity contribution in [3.8, 4) is 11.4 Å². The Morgan fingerprint density at radius 2 is 1.86 bits per heavy atom. The zero-order valence-electron chi connectivity index (χ0n) is 15.9. The summed E-state index contributed by atoms with van der Waals surface area (Å²) in [6.45, 7) is 0.514. The standard InChI is InChI=1S/C21H23FN4O2/c1-26(2)18(15-6-4-3-5-7-15)14-23-19(27)12-13-20-24-21(25-28-20)16-8-10-17(22)11-9-16/h3-11,18H,12-14H2,1-2H3,(H,23,27)/t18-/m0/s1. The molecule has 2 aromatic carbocycles. The Kier molecular flexibility index (Phi) is 6.49. The van der Waals surface area contributed by atoms with Crippen LogP contribution in [0.1, 0.15) is 23.9 Å². The minimum absolute atomic E-state index is 0.0793. The SMILES string of the molecule is CN(C)[C@@H](CNC(=O)CCc1nc(-c2ccc(F)cc2)no1)c1ccccc1. The molecule has 0 fully saturated rings. The molecular weight excluding hydrogens is 359 g/mol. The quantitative estimate of drug-likeness (QED) is 0.648. The summed E-state index contributed by atoms with van der Waals surface area (Å²) < 4.78 is 18.2. The first-order valence-electron chi connectivity index (χ1n) is 9.09. The van der Waals surface area contributed by atoms with Crippen molar-refractivity contribution in [2.24, 2.45) is 0 Å². The third-order valence-corrected chi connectivity index (χ3v) is 4.44. The van der Waals surface area contributed by atoms with Crippen LogP contribution in [0.2, 0.25) is 0 Å². The smallest absolute Gasteiger partial charge is 0.227 e. The number of nitrogens with zero attached hydrogens (tertiary/aromatic N) is 3. The molecule has 1 atom stereocenters. The average Bonchev–Trinajstić information content (AvgIpc) is 3.17. The number of likely N-dealkylation sites (N-methyl/N-ethyl adjacent to an activating group) is 1. The summed E-state index contributed by atoms with van der Waals surface area (Å²) in [5, 5.41) is 6.85. The molecule has 0 saturated carbocycles. The summed E-state index contributed by atoms with van der Waals surface area (Å²) in [7, 11) is 3.97. The molecule has 3 rings (SSSR count). The van der Waals surface area contributed by atoms with Crippen molar-refractivity contribution in [3.63, 3.8) is 0 Å². The molecule has 0 aliphatic heterocycles. The minimum Gasteiger partial charge on any atom is -0.354 e. The fourth-order valence-electron chi connectivity index (χ4n) is 2.87. The lowest BCUT2D eigenvalue weighted by atomic mass is 10.1. The van der Waals surface area contributed by atoms with Crippen molar-refractivity contribution >= 4 is 5.91 Å². The highest BCUT2D eigenvalue weighted by Crippen LogP contribution is 2.18. The number of carbonyl (C=O) groups excluding carboxylic acids is 1. The number of nitrogens with one attached hydrogen (secondary N) is 1. The normalized spacial score (nSPS) is 12.1. The van der Waals surface area contributed by atoms with E-state index in [0.717, 1.165) is 5.56 Å². The molecule has 0 aliphatic rings. The van der Waals surface area contributed by atoms with Gasteiger partial charge in [-0.05, 0) is 43.9 Å². The first-order chi connectivity index (χ1) is 13.5.